The Hall–Kier alpha value is -1.13. The third kappa shape index (κ3) is 7.46. The third-order valence-corrected chi connectivity index (χ3v) is 2.61. The van der Waals surface area contributed by atoms with Crippen molar-refractivity contribution in [2.24, 2.45) is 5.92 Å². The van der Waals surface area contributed by atoms with Crippen LogP contribution in [0, 0.1) is 5.92 Å². The van der Waals surface area contributed by atoms with Gasteiger partial charge < -0.3 is 14.8 Å². The zero-order chi connectivity index (χ0) is 15.0. The number of nitrogens with zero attached hydrogens (tertiary/aromatic N) is 1. The molecular weight excluding hydrogens is 252 g/mol. The number of ether oxygens (including phenoxy) is 2. The lowest BCUT2D eigenvalue weighted by Gasteiger charge is -2.20. The minimum atomic E-state index is -0.125. The molecule has 0 fully saturated rings. The maximum absolute atomic E-state index is 5.76. The molecule has 0 aliphatic heterocycles. The van der Waals surface area contributed by atoms with Crippen LogP contribution >= 0.6 is 0 Å². The Morgan fingerprint density at radius 2 is 2.00 bits per heavy atom. The Kier molecular flexibility index (Phi) is 6.96. The van der Waals surface area contributed by atoms with Gasteiger partial charge in [0.25, 0.3) is 0 Å². The molecule has 0 aliphatic rings. The van der Waals surface area contributed by atoms with Crippen LogP contribution in [-0.4, -0.2) is 30.3 Å². The smallest absolute Gasteiger partial charge is 0.142 e. The van der Waals surface area contributed by atoms with Crippen molar-refractivity contribution in [3.8, 4) is 5.75 Å². The minimum absolute atomic E-state index is 0.125. The van der Waals surface area contributed by atoms with E-state index in [-0.39, 0.29) is 5.60 Å². The fraction of sp³-hybridized carbons (Fsp3) is 0.688. The van der Waals surface area contributed by atoms with Crippen LogP contribution in [0.1, 0.15) is 40.2 Å². The van der Waals surface area contributed by atoms with Gasteiger partial charge in [-0.2, -0.15) is 0 Å². The van der Waals surface area contributed by atoms with Crippen LogP contribution in [-0.2, 0) is 11.3 Å². The lowest BCUT2D eigenvalue weighted by atomic mass is 10.2. The van der Waals surface area contributed by atoms with Gasteiger partial charge >= 0.3 is 0 Å². The summed E-state index contributed by atoms with van der Waals surface area (Å²) in [6.45, 7) is 13.4. The lowest BCUT2D eigenvalue weighted by molar-refractivity contribution is -0.0164. The molecular formula is C16H28N2O2. The average Bonchev–Trinajstić information content (AvgIpc) is 2.34. The van der Waals surface area contributed by atoms with Crippen molar-refractivity contribution < 1.29 is 9.47 Å². The number of aromatic nitrogens is 1. The van der Waals surface area contributed by atoms with Gasteiger partial charge in [0.1, 0.15) is 12.4 Å². The fourth-order valence-corrected chi connectivity index (χ4v) is 1.68. The van der Waals surface area contributed by atoms with Crippen LogP contribution in [0.15, 0.2) is 18.5 Å². The van der Waals surface area contributed by atoms with E-state index in [1.165, 1.54) is 0 Å². The average molecular weight is 280 g/mol. The molecule has 0 spiro atoms. The Morgan fingerprint density at radius 3 is 2.65 bits per heavy atom. The first-order valence-corrected chi connectivity index (χ1v) is 7.29. The summed E-state index contributed by atoms with van der Waals surface area (Å²) < 4.78 is 11.4. The van der Waals surface area contributed by atoms with Gasteiger partial charge in [-0.25, -0.2) is 0 Å². The predicted molar refractivity (Wildman–Crippen MR) is 82.0 cm³/mol. The van der Waals surface area contributed by atoms with E-state index in [9.17, 15) is 0 Å². The van der Waals surface area contributed by atoms with Gasteiger partial charge in [0, 0.05) is 18.3 Å². The van der Waals surface area contributed by atoms with Gasteiger partial charge in [0.2, 0.25) is 0 Å². The first-order valence-electron chi connectivity index (χ1n) is 7.29. The van der Waals surface area contributed by atoms with Gasteiger partial charge in [0.15, 0.2) is 0 Å². The van der Waals surface area contributed by atoms with Crippen molar-refractivity contribution >= 4 is 0 Å². The Balaban J connectivity index is 2.40. The van der Waals surface area contributed by atoms with E-state index in [0.717, 1.165) is 24.4 Å². The topological polar surface area (TPSA) is 43.4 Å². The van der Waals surface area contributed by atoms with Gasteiger partial charge in [-0.05, 0) is 39.3 Å². The van der Waals surface area contributed by atoms with Crippen LogP contribution in [0.25, 0.3) is 0 Å². The summed E-state index contributed by atoms with van der Waals surface area (Å²) >= 11 is 0. The van der Waals surface area contributed by atoms with E-state index in [1.54, 1.807) is 12.4 Å². The van der Waals surface area contributed by atoms with Crippen molar-refractivity contribution in [2.45, 2.75) is 46.8 Å². The molecule has 0 saturated carbocycles. The van der Waals surface area contributed by atoms with Gasteiger partial charge in [0.05, 0.1) is 18.4 Å². The molecule has 0 aliphatic carbocycles. The molecule has 0 unspecified atom stereocenters. The van der Waals surface area contributed by atoms with Gasteiger partial charge in [-0.15, -0.1) is 0 Å². The monoisotopic (exact) mass is 280 g/mol. The van der Waals surface area contributed by atoms with Crippen molar-refractivity contribution in [2.75, 3.05) is 19.8 Å². The normalized spacial score (nSPS) is 11.9. The lowest BCUT2D eigenvalue weighted by Crippen LogP contribution is -2.23. The fourth-order valence-electron chi connectivity index (χ4n) is 1.68. The Bertz CT molecular complexity index is 386. The molecule has 0 bridgehead atoms. The standard InChI is InChI=1S/C16H28N2O2/c1-13(2)10-18-11-14-6-7-17-12-15(14)19-8-9-20-16(3,4)5/h6-7,12-13,18H,8-11H2,1-5H3. The summed E-state index contributed by atoms with van der Waals surface area (Å²) in [5.41, 5.74) is 1.01. The van der Waals surface area contributed by atoms with E-state index in [0.29, 0.717) is 19.1 Å². The zero-order valence-corrected chi connectivity index (χ0v) is 13.4. The molecule has 0 radical (unpaired) electrons. The van der Waals surface area contributed by atoms with Crippen molar-refractivity contribution in [1.29, 1.82) is 0 Å². The van der Waals surface area contributed by atoms with Crippen LogP contribution < -0.4 is 10.1 Å². The zero-order valence-electron chi connectivity index (χ0n) is 13.4. The molecule has 0 aromatic carbocycles. The number of rotatable bonds is 8. The quantitative estimate of drug-likeness (QED) is 0.743. The molecule has 0 amide bonds. The number of hydrogen-bond acceptors (Lipinski definition) is 4. The summed E-state index contributed by atoms with van der Waals surface area (Å²) in [6, 6.07) is 1.99. The van der Waals surface area contributed by atoms with E-state index >= 15 is 0 Å². The van der Waals surface area contributed by atoms with Crippen molar-refractivity contribution in [3.63, 3.8) is 0 Å². The summed E-state index contributed by atoms with van der Waals surface area (Å²) in [7, 11) is 0. The largest absolute Gasteiger partial charge is 0.489 e. The highest BCUT2D eigenvalue weighted by atomic mass is 16.5. The van der Waals surface area contributed by atoms with E-state index in [1.807, 2.05) is 26.8 Å². The molecule has 20 heavy (non-hydrogen) atoms. The number of hydrogen-bond donors (Lipinski definition) is 1. The van der Waals surface area contributed by atoms with E-state index in [4.69, 9.17) is 9.47 Å². The van der Waals surface area contributed by atoms with Gasteiger partial charge in [-0.3, -0.25) is 4.98 Å². The molecule has 1 rings (SSSR count). The molecule has 1 heterocycles. The SMILES string of the molecule is CC(C)CNCc1ccncc1OCCOC(C)(C)C. The van der Waals surface area contributed by atoms with E-state index in [2.05, 4.69) is 24.1 Å². The maximum Gasteiger partial charge on any atom is 0.142 e. The molecule has 1 N–H and O–H groups in total. The Labute approximate surface area is 122 Å². The number of nitrogens with one attached hydrogen (secondary N) is 1. The molecule has 4 heteroatoms. The second-order valence-electron chi connectivity index (χ2n) is 6.32. The third-order valence-electron chi connectivity index (χ3n) is 2.61. The van der Waals surface area contributed by atoms with Crippen LogP contribution in [0.5, 0.6) is 5.75 Å². The highest BCUT2D eigenvalue weighted by molar-refractivity contribution is 5.29. The first kappa shape index (κ1) is 16.9. The summed E-state index contributed by atoms with van der Waals surface area (Å²) in [6.07, 6.45) is 3.56. The molecule has 0 atom stereocenters. The minimum Gasteiger partial charge on any atom is -0.489 e. The van der Waals surface area contributed by atoms with Crippen LogP contribution in [0.3, 0.4) is 0 Å². The van der Waals surface area contributed by atoms with Crippen molar-refractivity contribution in [3.05, 3.63) is 24.0 Å². The summed E-state index contributed by atoms with van der Waals surface area (Å²) in [5.74, 6) is 1.47. The van der Waals surface area contributed by atoms with Crippen LogP contribution in [0.4, 0.5) is 0 Å². The first-order chi connectivity index (χ1) is 9.38. The molecule has 1 aromatic rings. The van der Waals surface area contributed by atoms with Gasteiger partial charge in [-0.1, -0.05) is 13.8 Å². The molecule has 114 valence electrons. The second kappa shape index (κ2) is 8.22. The molecule has 0 saturated heterocycles. The summed E-state index contributed by atoms with van der Waals surface area (Å²) in [4.78, 5) is 4.12. The molecule has 4 nitrogen and oxygen atoms in total. The van der Waals surface area contributed by atoms with Crippen LogP contribution in [0.2, 0.25) is 0 Å². The Morgan fingerprint density at radius 1 is 1.25 bits per heavy atom. The maximum atomic E-state index is 5.76. The van der Waals surface area contributed by atoms with E-state index < -0.39 is 0 Å². The molecule has 1 aromatic heterocycles. The second-order valence-corrected chi connectivity index (χ2v) is 6.32. The summed E-state index contributed by atoms with van der Waals surface area (Å²) in [5, 5.41) is 3.42. The number of pyridine rings is 1. The predicted octanol–water partition coefficient (Wildman–Crippen LogP) is 3.02. The highest BCUT2D eigenvalue weighted by Crippen LogP contribution is 2.16. The highest BCUT2D eigenvalue weighted by Gasteiger charge is 2.10. The van der Waals surface area contributed by atoms with Crippen molar-refractivity contribution in [1.82, 2.24) is 10.3 Å².